The average molecular weight is 318 g/mol. The minimum Gasteiger partial charge on any atom is -0.394 e. The van der Waals surface area contributed by atoms with Gasteiger partial charge in [-0.2, -0.15) is 0 Å². The Hall–Kier alpha value is -1.15. The Morgan fingerprint density at radius 1 is 0.870 bits per heavy atom. The topological polar surface area (TPSA) is 32.6 Å². The Morgan fingerprint density at radius 2 is 1.30 bits per heavy atom. The van der Waals surface area contributed by atoms with Gasteiger partial charge in [-0.1, -0.05) is 68.4 Å². The lowest BCUT2D eigenvalue weighted by molar-refractivity contribution is 0.191. The first-order valence-electron chi connectivity index (χ1n) is 8.55. The highest BCUT2D eigenvalue weighted by atomic mass is 16.3. The molecule has 1 aromatic rings. The Kier molecular flexibility index (Phi) is 5.85. The van der Waals surface area contributed by atoms with Crippen molar-refractivity contribution in [3.63, 3.8) is 0 Å². The highest BCUT2D eigenvalue weighted by molar-refractivity contribution is 5.80. The molecule has 2 nitrogen and oxygen atoms in total. The first kappa shape index (κ1) is 19.9. The summed E-state index contributed by atoms with van der Waals surface area (Å²) in [5.41, 5.74) is 3.92. The number of hydrogen-bond acceptors (Lipinski definition) is 2. The van der Waals surface area contributed by atoms with Crippen molar-refractivity contribution in [1.82, 2.24) is 0 Å². The predicted octanol–water partition coefficient (Wildman–Crippen LogP) is 5.11. The standard InChI is InChI=1S/C21H35NO/c1-19(2,3)16-10-15(11-17(12-16)20(4,5)6)13-22-18(14-23)21(7,8)9/h10-13,18,23H,14H2,1-9H3/b22-13+/t18-/m0/s1. The van der Waals surface area contributed by atoms with Gasteiger partial charge in [0.25, 0.3) is 0 Å². The molecule has 0 aromatic heterocycles. The number of aliphatic hydroxyl groups excluding tert-OH is 1. The summed E-state index contributed by atoms with van der Waals surface area (Å²) < 4.78 is 0. The van der Waals surface area contributed by atoms with Gasteiger partial charge in [0.2, 0.25) is 0 Å². The van der Waals surface area contributed by atoms with Crippen LogP contribution < -0.4 is 0 Å². The van der Waals surface area contributed by atoms with Crippen molar-refractivity contribution >= 4 is 6.21 Å². The lowest BCUT2D eigenvalue weighted by atomic mass is 9.79. The van der Waals surface area contributed by atoms with Gasteiger partial charge in [-0.25, -0.2) is 0 Å². The zero-order valence-electron chi connectivity index (χ0n) is 16.5. The highest BCUT2D eigenvalue weighted by Crippen LogP contribution is 2.30. The van der Waals surface area contributed by atoms with Crippen molar-refractivity contribution in [2.45, 2.75) is 79.2 Å². The van der Waals surface area contributed by atoms with Crippen LogP contribution >= 0.6 is 0 Å². The molecule has 2 heteroatoms. The number of rotatable bonds is 3. The van der Waals surface area contributed by atoms with E-state index >= 15 is 0 Å². The van der Waals surface area contributed by atoms with E-state index in [-0.39, 0.29) is 28.9 Å². The second-order valence-electron chi connectivity index (χ2n) is 9.69. The molecule has 23 heavy (non-hydrogen) atoms. The van der Waals surface area contributed by atoms with Crippen LogP contribution in [0.5, 0.6) is 0 Å². The molecule has 130 valence electrons. The molecule has 0 bridgehead atoms. The summed E-state index contributed by atoms with van der Waals surface area (Å²) in [7, 11) is 0. The molecule has 1 N–H and O–H groups in total. The van der Waals surface area contributed by atoms with E-state index in [1.165, 1.54) is 11.1 Å². The van der Waals surface area contributed by atoms with Gasteiger partial charge in [0.05, 0.1) is 12.6 Å². The van der Waals surface area contributed by atoms with Crippen LogP contribution in [0.4, 0.5) is 0 Å². The Balaban J connectivity index is 3.31. The molecule has 1 atom stereocenters. The van der Waals surface area contributed by atoms with Crippen molar-refractivity contribution in [2.24, 2.45) is 10.4 Å². The number of aliphatic hydroxyl groups is 1. The monoisotopic (exact) mass is 317 g/mol. The van der Waals surface area contributed by atoms with Crippen LogP contribution in [0.25, 0.3) is 0 Å². The summed E-state index contributed by atoms with van der Waals surface area (Å²) in [4.78, 5) is 4.66. The van der Waals surface area contributed by atoms with E-state index in [0.717, 1.165) is 5.56 Å². The SMILES string of the molecule is CC(C)(C)c1cc(/C=N/[C@@H](CO)C(C)(C)C)cc(C(C)(C)C)c1. The third-order valence-corrected chi connectivity index (χ3v) is 4.26. The van der Waals surface area contributed by atoms with Crippen LogP contribution in [0, 0.1) is 5.41 Å². The average Bonchev–Trinajstić information content (AvgIpc) is 2.35. The molecular formula is C21H35NO. The molecule has 0 aliphatic rings. The van der Waals surface area contributed by atoms with Crippen LogP contribution in [-0.2, 0) is 10.8 Å². The van der Waals surface area contributed by atoms with Crippen LogP contribution in [-0.4, -0.2) is 24.0 Å². The molecule has 0 saturated heterocycles. The Labute approximate surface area is 143 Å². The molecule has 0 saturated carbocycles. The summed E-state index contributed by atoms with van der Waals surface area (Å²) in [6.45, 7) is 19.8. The molecule has 0 aliphatic heterocycles. The third-order valence-electron chi connectivity index (χ3n) is 4.26. The molecule has 0 radical (unpaired) electrons. The van der Waals surface area contributed by atoms with E-state index in [1.807, 2.05) is 6.21 Å². The van der Waals surface area contributed by atoms with Crippen molar-refractivity contribution in [3.8, 4) is 0 Å². The predicted molar refractivity (Wildman–Crippen MR) is 102 cm³/mol. The minimum atomic E-state index is -0.0844. The summed E-state index contributed by atoms with van der Waals surface area (Å²) in [6.07, 6.45) is 1.93. The van der Waals surface area contributed by atoms with Gasteiger partial charge < -0.3 is 5.11 Å². The second kappa shape index (κ2) is 6.76. The van der Waals surface area contributed by atoms with E-state index in [9.17, 15) is 5.11 Å². The van der Waals surface area contributed by atoms with E-state index in [2.05, 4.69) is 85.5 Å². The Bertz CT molecular complexity index is 518. The zero-order valence-corrected chi connectivity index (χ0v) is 16.5. The van der Waals surface area contributed by atoms with Crippen LogP contribution in [0.15, 0.2) is 23.2 Å². The number of hydrogen-bond donors (Lipinski definition) is 1. The van der Waals surface area contributed by atoms with Gasteiger partial charge in [-0.05, 0) is 45.1 Å². The molecule has 0 unspecified atom stereocenters. The van der Waals surface area contributed by atoms with Crippen molar-refractivity contribution < 1.29 is 5.11 Å². The zero-order chi connectivity index (χ0) is 18.1. The quantitative estimate of drug-likeness (QED) is 0.772. The summed E-state index contributed by atoms with van der Waals surface area (Å²) >= 11 is 0. The van der Waals surface area contributed by atoms with E-state index in [1.54, 1.807) is 0 Å². The normalized spacial score (nSPS) is 15.2. The van der Waals surface area contributed by atoms with Gasteiger partial charge in [-0.3, -0.25) is 4.99 Å². The van der Waals surface area contributed by atoms with Crippen LogP contribution in [0.2, 0.25) is 0 Å². The fourth-order valence-corrected chi connectivity index (χ4v) is 2.31. The van der Waals surface area contributed by atoms with Gasteiger partial charge in [0.15, 0.2) is 0 Å². The maximum atomic E-state index is 9.59. The smallest absolute Gasteiger partial charge is 0.0778 e. The molecule has 0 fully saturated rings. The van der Waals surface area contributed by atoms with Gasteiger partial charge in [0.1, 0.15) is 0 Å². The molecular weight excluding hydrogens is 282 g/mol. The van der Waals surface area contributed by atoms with Crippen molar-refractivity contribution in [3.05, 3.63) is 34.9 Å². The maximum absolute atomic E-state index is 9.59. The molecule has 0 heterocycles. The van der Waals surface area contributed by atoms with Gasteiger partial charge in [0, 0.05) is 6.21 Å². The van der Waals surface area contributed by atoms with Crippen LogP contribution in [0.3, 0.4) is 0 Å². The first-order valence-corrected chi connectivity index (χ1v) is 8.55. The lowest BCUT2D eigenvalue weighted by Gasteiger charge is -2.27. The van der Waals surface area contributed by atoms with Crippen LogP contribution in [0.1, 0.15) is 79.0 Å². The third kappa shape index (κ3) is 5.76. The fraction of sp³-hybridized carbons (Fsp3) is 0.667. The maximum Gasteiger partial charge on any atom is 0.0778 e. The summed E-state index contributed by atoms with van der Waals surface area (Å²) in [5, 5.41) is 9.59. The number of benzene rings is 1. The lowest BCUT2D eigenvalue weighted by Crippen LogP contribution is -2.28. The largest absolute Gasteiger partial charge is 0.394 e. The van der Waals surface area contributed by atoms with Crippen molar-refractivity contribution in [2.75, 3.05) is 6.61 Å². The first-order chi connectivity index (χ1) is 10.2. The number of nitrogens with zero attached hydrogens (tertiary/aromatic N) is 1. The minimum absolute atomic E-state index is 0.0419. The van der Waals surface area contributed by atoms with E-state index in [4.69, 9.17) is 0 Å². The molecule has 1 rings (SSSR count). The van der Waals surface area contributed by atoms with Gasteiger partial charge >= 0.3 is 0 Å². The highest BCUT2D eigenvalue weighted by Gasteiger charge is 2.23. The number of aliphatic imine (C=N–C) groups is 1. The molecule has 0 amide bonds. The van der Waals surface area contributed by atoms with Crippen molar-refractivity contribution in [1.29, 1.82) is 0 Å². The van der Waals surface area contributed by atoms with E-state index in [0.29, 0.717) is 0 Å². The van der Waals surface area contributed by atoms with E-state index < -0.39 is 0 Å². The fourth-order valence-electron chi connectivity index (χ4n) is 2.31. The second-order valence-corrected chi connectivity index (χ2v) is 9.69. The Morgan fingerprint density at radius 3 is 1.61 bits per heavy atom. The summed E-state index contributed by atoms with van der Waals surface area (Å²) in [6, 6.07) is 6.66. The molecule has 0 aliphatic carbocycles. The molecule has 0 spiro atoms. The summed E-state index contributed by atoms with van der Waals surface area (Å²) in [5.74, 6) is 0. The molecule has 1 aromatic carbocycles. The van der Waals surface area contributed by atoms with Gasteiger partial charge in [-0.15, -0.1) is 0 Å².